The van der Waals surface area contributed by atoms with Crippen molar-refractivity contribution in [1.29, 1.82) is 0 Å². The van der Waals surface area contributed by atoms with Gasteiger partial charge >= 0.3 is 0 Å². The summed E-state index contributed by atoms with van der Waals surface area (Å²) < 4.78 is 5.21. The molecule has 1 amide bonds. The van der Waals surface area contributed by atoms with Crippen molar-refractivity contribution >= 4 is 17.7 Å². The highest BCUT2D eigenvalue weighted by atomic mass is 32.2. The van der Waals surface area contributed by atoms with Gasteiger partial charge in [0.05, 0.1) is 17.9 Å². The molecule has 2 heterocycles. The van der Waals surface area contributed by atoms with Crippen LogP contribution in [-0.2, 0) is 12.3 Å². The van der Waals surface area contributed by atoms with Crippen molar-refractivity contribution < 1.29 is 14.4 Å². The number of hydrogen-bond donors (Lipinski definition) is 1. The Morgan fingerprint density at radius 3 is 2.64 bits per heavy atom. The molecular weight excluding hydrogens is 374 g/mol. The van der Waals surface area contributed by atoms with Crippen LogP contribution in [0.1, 0.15) is 32.9 Å². The lowest BCUT2D eigenvalue weighted by molar-refractivity contribution is 0.0703. The molecule has 0 saturated heterocycles. The molecule has 0 aliphatic heterocycles. The molecule has 0 unspecified atom stereocenters. The Hall–Kier alpha value is -2.64. The molecule has 0 radical (unpaired) electrons. The molecule has 3 aromatic rings. The summed E-state index contributed by atoms with van der Waals surface area (Å²) in [6.45, 7) is 4.38. The van der Waals surface area contributed by atoms with Crippen LogP contribution in [0, 0.1) is 13.8 Å². The molecule has 146 valence electrons. The number of aliphatic hydroxyl groups is 1. The lowest BCUT2D eigenvalue weighted by Crippen LogP contribution is -2.33. The lowest BCUT2D eigenvalue weighted by atomic mass is 10.2. The third kappa shape index (κ3) is 4.79. The van der Waals surface area contributed by atoms with Gasteiger partial charge in [0.2, 0.25) is 0 Å². The number of amides is 1. The number of aliphatic hydroxyl groups excluding tert-OH is 1. The Morgan fingerprint density at radius 2 is 1.96 bits per heavy atom. The molecular formula is C21H23N3O3S. The first-order valence-corrected chi connectivity index (χ1v) is 10.0. The number of hydrogen-bond acceptors (Lipinski definition) is 6. The number of benzene rings is 1. The zero-order valence-corrected chi connectivity index (χ0v) is 16.8. The molecule has 0 fully saturated rings. The molecule has 2 aromatic heterocycles. The summed E-state index contributed by atoms with van der Waals surface area (Å²) in [5.74, 6) is 1.25. The van der Waals surface area contributed by atoms with Crippen molar-refractivity contribution in [2.75, 3.05) is 13.2 Å². The monoisotopic (exact) mass is 397 g/mol. The smallest absolute Gasteiger partial charge is 0.256 e. The van der Waals surface area contributed by atoms with Crippen molar-refractivity contribution in [1.82, 2.24) is 15.0 Å². The number of carbonyl (C=O) groups is 1. The summed E-state index contributed by atoms with van der Waals surface area (Å²) in [6.07, 6.45) is 1.68. The van der Waals surface area contributed by atoms with E-state index in [2.05, 4.69) is 10.1 Å². The summed E-state index contributed by atoms with van der Waals surface area (Å²) >= 11 is 1.48. The number of rotatable bonds is 8. The Bertz CT molecular complexity index is 908. The zero-order chi connectivity index (χ0) is 19.9. The maximum atomic E-state index is 13.2. The number of pyridine rings is 1. The molecule has 28 heavy (non-hydrogen) atoms. The van der Waals surface area contributed by atoms with E-state index in [1.165, 1.54) is 11.8 Å². The Kier molecular flexibility index (Phi) is 6.84. The lowest BCUT2D eigenvalue weighted by Gasteiger charge is -2.23. The highest BCUT2D eigenvalue weighted by Crippen LogP contribution is 2.28. The maximum absolute atomic E-state index is 13.2. The minimum atomic E-state index is -0.146. The fourth-order valence-corrected chi connectivity index (χ4v) is 4.00. The van der Waals surface area contributed by atoms with E-state index in [0.717, 1.165) is 22.6 Å². The number of thioether (sulfide) groups is 1. The van der Waals surface area contributed by atoms with Gasteiger partial charge in [0.25, 0.3) is 5.91 Å². The summed E-state index contributed by atoms with van der Waals surface area (Å²) in [4.78, 5) is 19.2. The Morgan fingerprint density at radius 1 is 1.18 bits per heavy atom. The standard InChI is InChI=1S/C21H23N3O3S/c1-15-19(16(2)27-23-15)14-28-20-18(9-6-10-22-20)21(26)24(11-12-25)13-17-7-4-3-5-8-17/h3-10,25H,11-14H2,1-2H3. The van der Waals surface area contributed by atoms with Crippen LogP contribution in [0.4, 0.5) is 0 Å². The Balaban J connectivity index is 1.80. The molecule has 7 heteroatoms. The van der Waals surface area contributed by atoms with Crippen molar-refractivity contribution in [3.63, 3.8) is 0 Å². The van der Waals surface area contributed by atoms with Crippen LogP contribution in [-0.4, -0.2) is 39.2 Å². The minimum absolute atomic E-state index is 0.0968. The fourth-order valence-electron chi connectivity index (χ4n) is 2.86. The second-order valence-electron chi connectivity index (χ2n) is 6.38. The van der Waals surface area contributed by atoms with Crippen molar-refractivity contribution in [3.8, 4) is 0 Å². The second-order valence-corrected chi connectivity index (χ2v) is 7.35. The first kappa shape index (κ1) is 20.1. The van der Waals surface area contributed by atoms with Crippen LogP contribution in [0.5, 0.6) is 0 Å². The topological polar surface area (TPSA) is 79.5 Å². The average molecular weight is 398 g/mol. The SMILES string of the molecule is Cc1noc(C)c1CSc1ncccc1C(=O)N(CCO)Cc1ccccc1. The van der Waals surface area contributed by atoms with E-state index in [4.69, 9.17) is 4.52 Å². The van der Waals surface area contributed by atoms with Crippen molar-refractivity contribution in [3.05, 3.63) is 76.8 Å². The van der Waals surface area contributed by atoms with Gasteiger partial charge in [0.15, 0.2) is 0 Å². The van der Waals surface area contributed by atoms with Gasteiger partial charge in [-0.05, 0) is 31.5 Å². The molecule has 0 atom stereocenters. The van der Waals surface area contributed by atoms with Gasteiger partial charge in [-0.3, -0.25) is 4.79 Å². The first-order chi connectivity index (χ1) is 13.6. The predicted molar refractivity (Wildman–Crippen MR) is 108 cm³/mol. The van der Waals surface area contributed by atoms with E-state index in [-0.39, 0.29) is 19.1 Å². The number of nitrogens with zero attached hydrogens (tertiary/aromatic N) is 3. The van der Waals surface area contributed by atoms with Gasteiger partial charge in [-0.15, -0.1) is 11.8 Å². The number of aromatic nitrogens is 2. The quantitative estimate of drug-likeness (QED) is 0.585. The van der Waals surface area contributed by atoms with E-state index in [1.807, 2.05) is 44.2 Å². The molecule has 1 N–H and O–H groups in total. The average Bonchev–Trinajstić information content (AvgIpc) is 3.04. The minimum Gasteiger partial charge on any atom is -0.395 e. The molecule has 0 bridgehead atoms. The number of carbonyl (C=O) groups excluding carboxylic acids is 1. The molecule has 3 rings (SSSR count). The van der Waals surface area contributed by atoms with Crippen molar-refractivity contribution in [2.45, 2.75) is 31.2 Å². The third-order valence-corrected chi connectivity index (χ3v) is 5.44. The second kappa shape index (κ2) is 9.52. The summed E-state index contributed by atoms with van der Waals surface area (Å²) in [5, 5.41) is 14.1. The zero-order valence-electron chi connectivity index (χ0n) is 16.0. The molecule has 0 spiro atoms. The van der Waals surface area contributed by atoms with Crippen LogP contribution in [0.25, 0.3) is 0 Å². The summed E-state index contributed by atoms with van der Waals surface area (Å²) in [7, 11) is 0. The summed E-state index contributed by atoms with van der Waals surface area (Å²) in [5.41, 5.74) is 3.41. The van der Waals surface area contributed by atoms with Gasteiger partial charge in [0, 0.05) is 30.6 Å². The van der Waals surface area contributed by atoms with Gasteiger partial charge < -0.3 is 14.5 Å². The van der Waals surface area contributed by atoms with Gasteiger partial charge in [-0.2, -0.15) is 0 Å². The van der Waals surface area contributed by atoms with Crippen LogP contribution in [0.15, 0.2) is 58.2 Å². The van der Waals surface area contributed by atoms with E-state index in [9.17, 15) is 9.90 Å². The van der Waals surface area contributed by atoms with E-state index < -0.39 is 0 Å². The van der Waals surface area contributed by atoms with E-state index in [0.29, 0.717) is 22.9 Å². The molecule has 1 aromatic carbocycles. The van der Waals surface area contributed by atoms with Crippen molar-refractivity contribution in [2.24, 2.45) is 0 Å². The van der Waals surface area contributed by atoms with Gasteiger partial charge in [0.1, 0.15) is 10.8 Å². The van der Waals surface area contributed by atoms with Crippen LogP contribution in [0.3, 0.4) is 0 Å². The fraction of sp³-hybridized carbons (Fsp3) is 0.286. The van der Waals surface area contributed by atoms with E-state index in [1.54, 1.807) is 23.2 Å². The molecule has 6 nitrogen and oxygen atoms in total. The number of aryl methyl sites for hydroxylation is 2. The summed E-state index contributed by atoms with van der Waals surface area (Å²) in [6, 6.07) is 13.3. The van der Waals surface area contributed by atoms with Crippen LogP contribution in [0.2, 0.25) is 0 Å². The predicted octanol–water partition coefficient (Wildman–Crippen LogP) is 3.61. The molecule has 0 saturated carbocycles. The highest BCUT2D eigenvalue weighted by molar-refractivity contribution is 7.98. The normalized spacial score (nSPS) is 10.8. The molecule has 0 aliphatic rings. The van der Waals surface area contributed by atoms with E-state index >= 15 is 0 Å². The van der Waals surface area contributed by atoms with Gasteiger partial charge in [-0.25, -0.2) is 4.98 Å². The first-order valence-electron chi connectivity index (χ1n) is 9.03. The third-order valence-electron chi connectivity index (χ3n) is 4.41. The maximum Gasteiger partial charge on any atom is 0.256 e. The highest BCUT2D eigenvalue weighted by Gasteiger charge is 2.20. The van der Waals surface area contributed by atoms with Crippen LogP contribution >= 0.6 is 11.8 Å². The van der Waals surface area contributed by atoms with Crippen LogP contribution < -0.4 is 0 Å². The largest absolute Gasteiger partial charge is 0.395 e. The van der Waals surface area contributed by atoms with Gasteiger partial charge in [-0.1, -0.05) is 35.5 Å². The molecule has 0 aliphatic carbocycles. The Labute approximate surface area is 168 Å².